The molecule has 1 saturated heterocycles. The van der Waals surface area contributed by atoms with E-state index in [1.807, 2.05) is 25.1 Å². The van der Waals surface area contributed by atoms with Gasteiger partial charge in [-0.15, -0.1) is 0 Å². The zero-order valence-electron chi connectivity index (χ0n) is 20.5. The number of rotatable bonds is 7. The minimum atomic E-state index is -0.362. The van der Waals surface area contributed by atoms with E-state index in [4.69, 9.17) is 0 Å². The van der Waals surface area contributed by atoms with Crippen LogP contribution in [0, 0.1) is 5.82 Å². The molecule has 0 unspecified atom stereocenters. The van der Waals surface area contributed by atoms with Gasteiger partial charge in [-0.1, -0.05) is 18.2 Å². The van der Waals surface area contributed by atoms with Gasteiger partial charge < -0.3 is 10.2 Å². The molecule has 0 aliphatic carbocycles. The Morgan fingerprint density at radius 2 is 1.97 bits per heavy atom. The van der Waals surface area contributed by atoms with Gasteiger partial charge in [-0.05, 0) is 80.1 Å². The van der Waals surface area contributed by atoms with Crippen molar-refractivity contribution in [3.63, 3.8) is 0 Å². The Labute approximate surface area is 214 Å². The van der Waals surface area contributed by atoms with Gasteiger partial charge in [-0.2, -0.15) is 5.10 Å². The summed E-state index contributed by atoms with van der Waals surface area (Å²) in [6.07, 6.45) is 7.73. The van der Waals surface area contributed by atoms with Crippen LogP contribution < -0.4 is 5.32 Å². The molecule has 2 aromatic carbocycles. The summed E-state index contributed by atoms with van der Waals surface area (Å²) < 4.78 is 14.1. The first-order valence-corrected chi connectivity index (χ1v) is 12.1. The number of fused-ring (bicyclic) bond motifs is 1. The molecule has 2 aromatic heterocycles. The minimum Gasteiger partial charge on any atom is -0.370 e. The summed E-state index contributed by atoms with van der Waals surface area (Å²) in [5.41, 5.74) is 5.48. The van der Waals surface area contributed by atoms with Crippen LogP contribution in [0.15, 0.2) is 83.8 Å². The fourth-order valence-electron chi connectivity index (χ4n) is 4.50. The molecule has 0 radical (unpaired) electrons. The number of carbonyl (C=O) groups excluding carboxylic acids is 1. The number of aromatic amines is 1. The van der Waals surface area contributed by atoms with Crippen molar-refractivity contribution in [2.45, 2.75) is 19.8 Å². The van der Waals surface area contributed by atoms with Crippen LogP contribution >= 0.6 is 0 Å². The van der Waals surface area contributed by atoms with Crippen molar-refractivity contribution < 1.29 is 9.18 Å². The van der Waals surface area contributed by atoms with Crippen LogP contribution in [-0.4, -0.2) is 45.8 Å². The lowest BCUT2D eigenvalue weighted by Gasteiger charge is -2.19. The largest absolute Gasteiger partial charge is 0.370 e. The average molecular weight is 495 g/mol. The van der Waals surface area contributed by atoms with Gasteiger partial charge in [0.25, 0.3) is 5.91 Å². The Bertz CT molecular complexity index is 1510. The summed E-state index contributed by atoms with van der Waals surface area (Å²) in [4.78, 5) is 23.7. The second kappa shape index (κ2) is 10.6. The fourth-order valence-corrected chi connectivity index (χ4v) is 4.50. The van der Waals surface area contributed by atoms with E-state index < -0.39 is 0 Å². The maximum absolute atomic E-state index is 14.1. The standard InChI is InChI=1S/C29H27FN6O/c1-19(15-22(18-31-2)36-13-5-6-14-36)20-9-11-27-24(16-20)28(35-34-27)29(37)33-21-10-12-26(32-17-21)23-7-3-4-8-25(23)30/h3-4,7-12,15-18H,2,5-6,13-14H2,1H3,(H,33,37)(H,34,35)/b19-15+,22-18+. The van der Waals surface area contributed by atoms with Crippen LogP contribution in [0.4, 0.5) is 10.1 Å². The van der Waals surface area contributed by atoms with Crippen LogP contribution in [0.25, 0.3) is 27.7 Å². The van der Waals surface area contributed by atoms with E-state index in [1.165, 1.54) is 25.1 Å². The summed E-state index contributed by atoms with van der Waals surface area (Å²) in [6, 6.07) is 15.7. The fraction of sp³-hybridized carbons (Fsp3) is 0.172. The zero-order chi connectivity index (χ0) is 25.8. The number of hydrogen-bond acceptors (Lipinski definition) is 5. The van der Waals surface area contributed by atoms with Crippen LogP contribution in [0.3, 0.4) is 0 Å². The maximum atomic E-state index is 14.1. The van der Waals surface area contributed by atoms with Crippen LogP contribution in [0.5, 0.6) is 0 Å². The molecule has 37 heavy (non-hydrogen) atoms. The number of hydrogen-bond donors (Lipinski definition) is 2. The molecule has 0 bridgehead atoms. The van der Waals surface area contributed by atoms with Gasteiger partial charge in [0.2, 0.25) is 0 Å². The summed E-state index contributed by atoms with van der Waals surface area (Å²) in [6.45, 7) is 7.67. The highest BCUT2D eigenvalue weighted by molar-refractivity contribution is 6.11. The lowest BCUT2D eigenvalue weighted by atomic mass is 10.0. The third kappa shape index (κ3) is 5.18. The third-order valence-electron chi connectivity index (χ3n) is 6.46. The van der Waals surface area contributed by atoms with Crippen LogP contribution in [0.2, 0.25) is 0 Å². The number of carbonyl (C=O) groups is 1. The van der Waals surface area contributed by atoms with Gasteiger partial charge in [0.1, 0.15) is 5.82 Å². The predicted molar refractivity (Wildman–Crippen MR) is 146 cm³/mol. The molecule has 4 aromatic rings. The predicted octanol–water partition coefficient (Wildman–Crippen LogP) is 6.06. The van der Waals surface area contributed by atoms with E-state index >= 15 is 0 Å². The summed E-state index contributed by atoms with van der Waals surface area (Å²) in [7, 11) is 0. The number of nitrogens with one attached hydrogen (secondary N) is 2. The van der Waals surface area contributed by atoms with Gasteiger partial charge in [0.15, 0.2) is 5.69 Å². The van der Waals surface area contributed by atoms with Gasteiger partial charge in [0, 0.05) is 30.2 Å². The molecule has 1 aliphatic heterocycles. The highest BCUT2D eigenvalue weighted by atomic mass is 19.1. The first-order chi connectivity index (χ1) is 18.0. The van der Waals surface area contributed by atoms with Gasteiger partial charge in [-0.3, -0.25) is 19.9 Å². The van der Waals surface area contributed by atoms with Crippen molar-refractivity contribution in [1.82, 2.24) is 20.1 Å². The Morgan fingerprint density at radius 3 is 2.70 bits per heavy atom. The Balaban J connectivity index is 1.37. The van der Waals surface area contributed by atoms with E-state index in [9.17, 15) is 9.18 Å². The molecule has 1 aliphatic rings. The van der Waals surface area contributed by atoms with Gasteiger partial charge in [-0.25, -0.2) is 4.39 Å². The van der Waals surface area contributed by atoms with Gasteiger partial charge in [0.05, 0.1) is 28.8 Å². The lowest BCUT2D eigenvalue weighted by molar-refractivity contribution is 0.102. The molecule has 5 rings (SSSR count). The number of aromatic nitrogens is 3. The number of aliphatic imine (C=N–C) groups is 1. The lowest BCUT2D eigenvalue weighted by Crippen LogP contribution is -2.17. The second-order valence-electron chi connectivity index (χ2n) is 8.96. The second-order valence-corrected chi connectivity index (χ2v) is 8.96. The van der Waals surface area contributed by atoms with E-state index in [1.54, 1.807) is 36.5 Å². The first-order valence-electron chi connectivity index (χ1n) is 12.1. The monoisotopic (exact) mass is 494 g/mol. The van der Waals surface area contributed by atoms with Gasteiger partial charge >= 0.3 is 0 Å². The molecular formula is C29H27FN6O. The summed E-state index contributed by atoms with van der Waals surface area (Å²) in [5.74, 6) is -0.710. The number of nitrogens with zero attached hydrogens (tertiary/aromatic N) is 4. The average Bonchev–Trinajstić information content (AvgIpc) is 3.59. The molecular weight excluding hydrogens is 467 g/mol. The highest BCUT2D eigenvalue weighted by Gasteiger charge is 2.17. The molecule has 186 valence electrons. The third-order valence-corrected chi connectivity index (χ3v) is 6.46. The summed E-state index contributed by atoms with van der Waals surface area (Å²) in [5, 5.41) is 10.7. The maximum Gasteiger partial charge on any atom is 0.276 e. The quantitative estimate of drug-likeness (QED) is 0.242. The smallest absolute Gasteiger partial charge is 0.276 e. The number of amides is 1. The first kappa shape index (κ1) is 24.1. The van der Waals surface area contributed by atoms with Crippen molar-refractivity contribution in [1.29, 1.82) is 0 Å². The van der Waals surface area contributed by atoms with E-state index in [0.29, 0.717) is 22.3 Å². The number of benzene rings is 2. The normalized spacial score (nSPS) is 14.3. The van der Waals surface area contributed by atoms with E-state index in [2.05, 4.69) is 43.2 Å². The topological polar surface area (TPSA) is 86.3 Å². The summed E-state index contributed by atoms with van der Waals surface area (Å²) >= 11 is 0. The molecule has 1 amide bonds. The highest BCUT2D eigenvalue weighted by Crippen LogP contribution is 2.26. The molecule has 0 spiro atoms. The van der Waals surface area contributed by atoms with E-state index in [-0.39, 0.29) is 17.4 Å². The van der Waals surface area contributed by atoms with Crippen molar-refractivity contribution in [3.05, 3.63) is 95.8 Å². The molecule has 3 heterocycles. The molecule has 2 N–H and O–H groups in total. The Kier molecular flexibility index (Phi) is 6.89. The number of pyridine rings is 1. The number of halogens is 1. The molecule has 7 nitrogen and oxygen atoms in total. The minimum absolute atomic E-state index is 0.283. The Morgan fingerprint density at radius 1 is 1.16 bits per heavy atom. The van der Waals surface area contributed by atoms with E-state index in [0.717, 1.165) is 35.4 Å². The van der Waals surface area contributed by atoms with Crippen molar-refractivity contribution in [2.24, 2.45) is 4.99 Å². The SMILES string of the molecule is C=N/C=C(\C=C(/C)c1ccc2[nH]nc(C(=O)Nc3ccc(-c4ccccc4F)nc3)c2c1)N1CCCC1. The van der Waals surface area contributed by atoms with Crippen molar-refractivity contribution in [2.75, 3.05) is 18.4 Å². The number of H-pyrrole nitrogens is 1. The molecule has 8 heteroatoms. The number of allylic oxidation sites excluding steroid dienone is 2. The zero-order valence-corrected chi connectivity index (χ0v) is 20.5. The Hall–Kier alpha value is -4.59. The number of anilines is 1. The van der Waals surface area contributed by atoms with Crippen molar-refractivity contribution in [3.8, 4) is 11.3 Å². The number of likely N-dealkylation sites (tertiary alicyclic amines) is 1. The van der Waals surface area contributed by atoms with Crippen LogP contribution in [-0.2, 0) is 0 Å². The van der Waals surface area contributed by atoms with Crippen molar-refractivity contribution >= 4 is 34.8 Å². The van der Waals surface area contributed by atoms with Crippen LogP contribution in [0.1, 0.15) is 35.8 Å². The molecule has 0 atom stereocenters. The molecule has 0 saturated carbocycles. The molecule has 1 fully saturated rings.